The lowest BCUT2D eigenvalue weighted by Gasteiger charge is -2.21. The second-order valence-electron chi connectivity index (χ2n) is 10.7. The number of aliphatic carboxylic acids is 1. The minimum Gasteiger partial charge on any atom is -0.480 e. The predicted octanol–water partition coefficient (Wildman–Crippen LogP) is 4.64. The van der Waals surface area contributed by atoms with Crippen molar-refractivity contribution < 1.29 is 38.5 Å². The first-order chi connectivity index (χ1) is 17.7. The maximum atomic E-state index is 12.7. The average molecular weight is 536 g/mol. The van der Waals surface area contributed by atoms with E-state index in [1.807, 2.05) is 34.6 Å². The second-order valence-corrected chi connectivity index (χ2v) is 10.7. The molecule has 0 aliphatic rings. The maximum Gasteiger partial charge on any atom is 0.321 e. The summed E-state index contributed by atoms with van der Waals surface area (Å²) in [6.45, 7) is 16.6. The van der Waals surface area contributed by atoms with E-state index < -0.39 is 36.0 Å². The highest BCUT2D eigenvalue weighted by molar-refractivity contribution is 5.79. The number of hydrogen-bond donors (Lipinski definition) is 2. The lowest BCUT2D eigenvalue weighted by atomic mass is 9.98. The van der Waals surface area contributed by atoms with Crippen LogP contribution in [0.15, 0.2) is 18.2 Å². The molecule has 0 fully saturated rings. The molecule has 214 valence electrons. The van der Waals surface area contributed by atoms with E-state index in [9.17, 15) is 24.3 Å². The van der Waals surface area contributed by atoms with Gasteiger partial charge in [0.2, 0.25) is 0 Å². The SMILES string of the molecule is CCC(C)C(=O)OC(C)CN[C@@H](Cc1ccc(OC(=O)C(C)C(C)C)c(OC(=O)C(C)C(C)C)c1)C(=O)O. The van der Waals surface area contributed by atoms with Crippen molar-refractivity contribution in [2.75, 3.05) is 6.54 Å². The fraction of sp³-hybridized carbons (Fsp3) is 0.655. The number of ether oxygens (including phenoxy) is 3. The van der Waals surface area contributed by atoms with Crippen molar-refractivity contribution in [2.45, 2.75) is 87.3 Å². The molecule has 0 saturated heterocycles. The topological polar surface area (TPSA) is 128 Å². The van der Waals surface area contributed by atoms with E-state index in [0.29, 0.717) is 12.0 Å². The van der Waals surface area contributed by atoms with Gasteiger partial charge >= 0.3 is 23.9 Å². The summed E-state index contributed by atoms with van der Waals surface area (Å²) in [4.78, 5) is 49.2. The monoisotopic (exact) mass is 535 g/mol. The summed E-state index contributed by atoms with van der Waals surface area (Å²) in [6.07, 6.45) is 0.195. The minimum atomic E-state index is -1.08. The molecule has 0 aliphatic carbocycles. The highest BCUT2D eigenvalue weighted by atomic mass is 16.6. The molecule has 0 aliphatic heterocycles. The summed E-state index contributed by atoms with van der Waals surface area (Å²) in [7, 11) is 0. The van der Waals surface area contributed by atoms with Gasteiger partial charge in [-0.2, -0.15) is 0 Å². The van der Waals surface area contributed by atoms with Crippen molar-refractivity contribution in [3.8, 4) is 11.5 Å². The molecule has 0 saturated carbocycles. The summed E-state index contributed by atoms with van der Waals surface area (Å²) in [5.41, 5.74) is 0.561. The first-order valence-corrected chi connectivity index (χ1v) is 13.4. The Kier molecular flexibility index (Phi) is 13.5. The Morgan fingerprint density at radius 2 is 1.34 bits per heavy atom. The molecular formula is C29H45NO8. The number of esters is 3. The van der Waals surface area contributed by atoms with Crippen LogP contribution in [0.1, 0.15) is 74.3 Å². The van der Waals surface area contributed by atoms with E-state index in [4.69, 9.17) is 14.2 Å². The Bertz CT molecular complexity index is 958. The molecule has 5 atom stereocenters. The van der Waals surface area contributed by atoms with E-state index in [2.05, 4.69) is 5.32 Å². The zero-order valence-corrected chi connectivity index (χ0v) is 24.2. The van der Waals surface area contributed by atoms with Gasteiger partial charge in [0.15, 0.2) is 11.5 Å². The van der Waals surface area contributed by atoms with Crippen LogP contribution in [0, 0.1) is 29.6 Å². The van der Waals surface area contributed by atoms with Gasteiger partial charge in [-0.15, -0.1) is 0 Å². The normalized spacial score (nSPS) is 15.3. The second kappa shape index (κ2) is 15.5. The van der Waals surface area contributed by atoms with Gasteiger partial charge in [-0.3, -0.25) is 19.2 Å². The third-order valence-electron chi connectivity index (χ3n) is 6.89. The van der Waals surface area contributed by atoms with Crippen molar-refractivity contribution in [1.82, 2.24) is 5.32 Å². The van der Waals surface area contributed by atoms with Crippen molar-refractivity contribution in [1.29, 1.82) is 0 Å². The number of hydrogen-bond acceptors (Lipinski definition) is 8. The van der Waals surface area contributed by atoms with Gasteiger partial charge in [-0.1, -0.05) is 61.5 Å². The third-order valence-corrected chi connectivity index (χ3v) is 6.89. The molecule has 38 heavy (non-hydrogen) atoms. The first-order valence-electron chi connectivity index (χ1n) is 13.4. The predicted molar refractivity (Wildman–Crippen MR) is 144 cm³/mol. The van der Waals surface area contributed by atoms with Gasteiger partial charge in [0, 0.05) is 6.54 Å². The molecule has 4 unspecified atom stereocenters. The Hall–Kier alpha value is -2.94. The number of rotatable bonds is 15. The number of carboxylic acid groups (broad SMARTS) is 1. The van der Waals surface area contributed by atoms with Crippen molar-refractivity contribution in [2.24, 2.45) is 29.6 Å². The minimum absolute atomic E-state index is 0.0367. The standard InChI is InChI=1S/C29H45NO8/c1-10-18(6)27(33)36-19(7)15-30-23(26(31)32)13-22-11-12-24(37-28(34)20(8)16(2)3)25(14-22)38-29(35)21(9)17(4)5/h11-12,14,16-21,23,30H,10,13,15H2,1-9H3,(H,31,32)/t18?,19?,20?,21?,23-/m0/s1. The van der Waals surface area contributed by atoms with E-state index in [1.165, 1.54) is 12.1 Å². The summed E-state index contributed by atoms with van der Waals surface area (Å²) in [5.74, 6) is -3.09. The maximum absolute atomic E-state index is 12.7. The smallest absolute Gasteiger partial charge is 0.321 e. The number of carbonyl (C=O) groups is 4. The molecule has 0 heterocycles. The Morgan fingerprint density at radius 1 is 0.816 bits per heavy atom. The molecule has 0 radical (unpaired) electrons. The molecule has 9 nitrogen and oxygen atoms in total. The Morgan fingerprint density at radius 3 is 1.82 bits per heavy atom. The van der Waals surface area contributed by atoms with Crippen molar-refractivity contribution in [3.05, 3.63) is 23.8 Å². The molecule has 1 aromatic rings. The largest absolute Gasteiger partial charge is 0.480 e. The summed E-state index contributed by atoms with van der Waals surface area (Å²) in [5, 5.41) is 12.7. The van der Waals surface area contributed by atoms with Crippen molar-refractivity contribution in [3.63, 3.8) is 0 Å². The van der Waals surface area contributed by atoms with Crippen LogP contribution >= 0.6 is 0 Å². The molecule has 0 spiro atoms. The van der Waals surface area contributed by atoms with E-state index in [-0.39, 0.29) is 54.1 Å². The van der Waals surface area contributed by atoms with E-state index in [0.717, 1.165) is 0 Å². The average Bonchev–Trinajstić information content (AvgIpc) is 2.85. The van der Waals surface area contributed by atoms with Crippen LogP contribution in [0.5, 0.6) is 11.5 Å². The van der Waals surface area contributed by atoms with E-state index in [1.54, 1.807) is 33.8 Å². The number of nitrogens with one attached hydrogen (secondary N) is 1. The Labute approximate surface area is 226 Å². The van der Waals surface area contributed by atoms with Crippen LogP contribution in [0.3, 0.4) is 0 Å². The Balaban J connectivity index is 3.11. The number of carboxylic acids is 1. The first kappa shape index (κ1) is 33.1. The van der Waals surface area contributed by atoms with Gasteiger partial charge in [0.25, 0.3) is 0 Å². The number of benzene rings is 1. The molecule has 2 N–H and O–H groups in total. The fourth-order valence-corrected chi connectivity index (χ4v) is 3.10. The molecule has 1 aromatic carbocycles. The zero-order valence-electron chi connectivity index (χ0n) is 24.2. The number of carbonyl (C=O) groups excluding carboxylic acids is 3. The highest BCUT2D eigenvalue weighted by Crippen LogP contribution is 2.31. The summed E-state index contributed by atoms with van der Waals surface area (Å²) < 4.78 is 16.6. The lowest BCUT2D eigenvalue weighted by molar-refractivity contribution is -0.152. The van der Waals surface area contributed by atoms with Crippen LogP contribution in [0.25, 0.3) is 0 Å². The molecule has 0 bridgehead atoms. The van der Waals surface area contributed by atoms with Gasteiger partial charge in [-0.25, -0.2) is 0 Å². The van der Waals surface area contributed by atoms with Gasteiger partial charge < -0.3 is 24.6 Å². The quantitative estimate of drug-likeness (QED) is 0.244. The van der Waals surface area contributed by atoms with Crippen molar-refractivity contribution >= 4 is 23.9 Å². The van der Waals surface area contributed by atoms with Crippen LogP contribution in [0.2, 0.25) is 0 Å². The lowest BCUT2D eigenvalue weighted by Crippen LogP contribution is -2.43. The van der Waals surface area contributed by atoms with Gasteiger partial charge in [-0.05, 0) is 49.3 Å². The zero-order chi connectivity index (χ0) is 29.2. The van der Waals surface area contributed by atoms with Gasteiger partial charge in [0.05, 0.1) is 17.8 Å². The van der Waals surface area contributed by atoms with Crippen LogP contribution in [-0.2, 0) is 30.3 Å². The van der Waals surface area contributed by atoms with Crippen LogP contribution in [0.4, 0.5) is 0 Å². The fourth-order valence-electron chi connectivity index (χ4n) is 3.10. The van der Waals surface area contributed by atoms with E-state index >= 15 is 0 Å². The molecule has 0 aromatic heterocycles. The summed E-state index contributed by atoms with van der Waals surface area (Å²) in [6, 6.07) is 3.68. The molecular weight excluding hydrogens is 490 g/mol. The van der Waals surface area contributed by atoms with Gasteiger partial charge in [0.1, 0.15) is 12.1 Å². The van der Waals surface area contributed by atoms with Crippen LogP contribution in [-0.4, -0.2) is 47.7 Å². The highest BCUT2D eigenvalue weighted by Gasteiger charge is 2.26. The molecule has 1 rings (SSSR count). The molecule has 9 heteroatoms. The van der Waals surface area contributed by atoms with Crippen LogP contribution < -0.4 is 14.8 Å². The molecule has 0 amide bonds. The summed E-state index contributed by atoms with van der Waals surface area (Å²) >= 11 is 0. The third kappa shape index (κ3) is 10.4.